The first-order valence-corrected chi connectivity index (χ1v) is 7.11. The van der Waals surface area contributed by atoms with Gasteiger partial charge in [0.2, 0.25) is 5.91 Å². The third-order valence-electron chi connectivity index (χ3n) is 4.37. The molecule has 0 spiro atoms. The summed E-state index contributed by atoms with van der Waals surface area (Å²) >= 11 is 0. The first kappa shape index (κ1) is 11.1. The molecule has 0 saturated heterocycles. The second-order valence-corrected chi connectivity index (χ2v) is 5.92. The van der Waals surface area contributed by atoms with Crippen LogP contribution in [0.1, 0.15) is 29.7 Å². The van der Waals surface area contributed by atoms with Gasteiger partial charge in [-0.1, -0.05) is 11.6 Å². The van der Waals surface area contributed by atoms with Gasteiger partial charge in [-0.2, -0.15) is 0 Å². The van der Waals surface area contributed by atoms with E-state index in [0.717, 1.165) is 32.4 Å². The number of nitrogens with one attached hydrogen (secondary N) is 1. The smallest absolute Gasteiger partial charge is 0.225 e. The van der Waals surface area contributed by atoms with Crippen LogP contribution < -0.4 is 0 Å². The number of hydrogen-bond acceptors (Lipinski definition) is 1. The molecular weight excluding hydrogens is 236 g/mol. The molecule has 1 fully saturated rings. The van der Waals surface area contributed by atoms with Crippen molar-refractivity contribution in [2.45, 2.75) is 32.7 Å². The molecule has 1 N–H and O–H groups in total. The lowest BCUT2D eigenvalue weighted by atomic mass is 10.0. The summed E-state index contributed by atoms with van der Waals surface area (Å²) in [5.74, 6) is 0.696. The van der Waals surface area contributed by atoms with E-state index in [1.807, 2.05) is 0 Å². The van der Waals surface area contributed by atoms with Crippen molar-refractivity contribution >= 4 is 16.8 Å². The van der Waals surface area contributed by atoms with E-state index in [1.54, 1.807) is 0 Å². The van der Waals surface area contributed by atoms with Crippen molar-refractivity contribution in [3.8, 4) is 0 Å². The lowest BCUT2D eigenvalue weighted by Gasteiger charge is -2.27. The molecule has 1 aliphatic heterocycles. The minimum absolute atomic E-state index is 0.327. The van der Waals surface area contributed by atoms with Gasteiger partial charge in [0.15, 0.2) is 0 Å². The first-order valence-electron chi connectivity index (χ1n) is 7.11. The number of amides is 1. The van der Waals surface area contributed by atoms with Gasteiger partial charge in [-0.05, 0) is 31.9 Å². The molecule has 0 atom stereocenters. The van der Waals surface area contributed by atoms with E-state index < -0.39 is 0 Å². The number of fused-ring (bicyclic) bond motifs is 3. The van der Waals surface area contributed by atoms with Crippen LogP contribution in [0.3, 0.4) is 0 Å². The van der Waals surface area contributed by atoms with Crippen LogP contribution in [-0.4, -0.2) is 22.3 Å². The van der Waals surface area contributed by atoms with Crippen LogP contribution in [0.5, 0.6) is 0 Å². The van der Waals surface area contributed by atoms with Crippen LogP contribution in [0.25, 0.3) is 10.9 Å². The lowest BCUT2D eigenvalue weighted by Crippen LogP contribution is -2.36. The topological polar surface area (TPSA) is 36.1 Å². The van der Waals surface area contributed by atoms with Crippen LogP contribution in [-0.2, 0) is 17.8 Å². The number of H-pyrrole nitrogens is 1. The molecule has 3 heteroatoms. The Balaban J connectivity index is 1.74. The van der Waals surface area contributed by atoms with Crippen LogP contribution in [0.4, 0.5) is 0 Å². The van der Waals surface area contributed by atoms with Gasteiger partial charge in [-0.15, -0.1) is 0 Å². The molecule has 1 aromatic carbocycles. The predicted molar refractivity (Wildman–Crippen MR) is 74.9 cm³/mol. The van der Waals surface area contributed by atoms with Gasteiger partial charge in [-0.3, -0.25) is 4.79 Å². The largest absolute Gasteiger partial charge is 0.358 e. The zero-order valence-corrected chi connectivity index (χ0v) is 11.2. The monoisotopic (exact) mass is 254 g/mol. The van der Waals surface area contributed by atoms with Gasteiger partial charge in [0.05, 0.1) is 0 Å². The number of aryl methyl sites for hydroxylation is 1. The molecule has 1 amide bonds. The summed E-state index contributed by atoms with van der Waals surface area (Å²) in [6, 6.07) is 6.52. The highest BCUT2D eigenvalue weighted by molar-refractivity contribution is 5.87. The van der Waals surface area contributed by atoms with Crippen LogP contribution >= 0.6 is 0 Å². The summed E-state index contributed by atoms with van der Waals surface area (Å²) in [5, 5.41) is 1.29. The molecule has 1 aromatic heterocycles. The number of hydrogen-bond donors (Lipinski definition) is 1. The van der Waals surface area contributed by atoms with Crippen molar-refractivity contribution in [3.63, 3.8) is 0 Å². The number of rotatable bonds is 1. The van der Waals surface area contributed by atoms with Gasteiger partial charge >= 0.3 is 0 Å². The minimum atomic E-state index is 0.327. The maximum absolute atomic E-state index is 12.2. The number of carbonyl (C=O) groups excluding carboxylic acids is 1. The average Bonchev–Trinajstić information content (AvgIpc) is 3.20. The zero-order chi connectivity index (χ0) is 13.0. The van der Waals surface area contributed by atoms with Gasteiger partial charge < -0.3 is 9.88 Å². The van der Waals surface area contributed by atoms with Crippen molar-refractivity contribution < 1.29 is 4.79 Å². The third-order valence-corrected chi connectivity index (χ3v) is 4.37. The molecule has 4 rings (SSSR count). The highest BCUT2D eigenvalue weighted by Gasteiger charge is 2.35. The third kappa shape index (κ3) is 1.76. The number of aromatic nitrogens is 1. The average molecular weight is 254 g/mol. The summed E-state index contributed by atoms with van der Waals surface area (Å²) in [6.45, 7) is 3.77. The van der Waals surface area contributed by atoms with E-state index in [1.165, 1.54) is 27.7 Å². The van der Waals surface area contributed by atoms with Crippen molar-refractivity contribution in [3.05, 3.63) is 35.0 Å². The van der Waals surface area contributed by atoms with Gasteiger partial charge in [0.1, 0.15) is 0 Å². The Hall–Kier alpha value is -1.77. The number of aromatic amines is 1. The molecule has 2 aliphatic rings. The Kier molecular flexibility index (Phi) is 2.25. The predicted octanol–water partition coefficient (Wildman–Crippen LogP) is 2.77. The Morgan fingerprint density at radius 3 is 3.00 bits per heavy atom. The van der Waals surface area contributed by atoms with Crippen LogP contribution in [0.15, 0.2) is 18.2 Å². The van der Waals surface area contributed by atoms with Crippen LogP contribution in [0.2, 0.25) is 0 Å². The molecule has 2 aromatic rings. The van der Waals surface area contributed by atoms with E-state index in [4.69, 9.17) is 0 Å². The van der Waals surface area contributed by atoms with E-state index in [2.05, 4.69) is 35.0 Å². The van der Waals surface area contributed by atoms with E-state index in [0.29, 0.717) is 11.8 Å². The summed E-state index contributed by atoms with van der Waals surface area (Å²) in [7, 11) is 0. The molecule has 0 bridgehead atoms. The first-order chi connectivity index (χ1) is 9.22. The van der Waals surface area contributed by atoms with Gasteiger partial charge in [-0.25, -0.2) is 0 Å². The maximum Gasteiger partial charge on any atom is 0.225 e. The van der Waals surface area contributed by atoms with Gasteiger partial charge in [0, 0.05) is 47.6 Å². The Morgan fingerprint density at radius 2 is 2.21 bits per heavy atom. The van der Waals surface area contributed by atoms with E-state index in [9.17, 15) is 4.79 Å². The number of nitrogens with zero attached hydrogens (tertiary/aromatic N) is 1. The molecular formula is C16H18N2O. The zero-order valence-electron chi connectivity index (χ0n) is 11.2. The van der Waals surface area contributed by atoms with Gasteiger partial charge in [0.25, 0.3) is 0 Å². The molecule has 1 aliphatic carbocycles. The highest BCUT2D eigenvalue weighted by atomic mass is 16.2. The summed E-state index contributed by atoms with van der Waals surface area (Å²) in [6.07, 6.45) is 3.14. The SMILES string of the molecule is Cc1ccc2[nH]c3c(c2c1)CN(C(=O)C1CC1)CC3. The van der Waals surface area contributed by atoms with Crippen molar-refractivity contribution in [2.75, 3.05) is 6.54 Å². The normalized spacial score (nSPS) is 18.7. The Bertz CT molecular complexity index is 667. The Labute approximate surface area is 112 Å². The van der Waals surface area contributed by atoms with Crippen LogP contribution in [0, 0.1) is 12.8 Å². The quantitative estimate of drug-likeness (QED) is 0.834. The maximum atomic E-state index is 12.2. The lowest BCUT2D eigenvalue weighted by molar-refractivity contribution is -0.133. The molecule has 0 radical (unpaired) electrons. The molecule has 98 valence electrons. The molecule has 3 nitrogen and oxygen atoms in total. The fraction of sp³-hybridized carbons (Fsp3) is 0.438. The fourth-order valence-corrected chi connectivity index (χ4v) is 3.10. The Morgan fingerprint density at radius 1 is 1.37 bits per heavy atom. The molecule has 0 unspecified atom stereocenters. The molecule has 1 saturated carbocycles. The summed E-state index contributed by atoms with van der Waals surface area (Å²) in [5.41, 5.74) is 5.13. The van der Waals surface area contributed by atoms with Crippen molar-refractivity contribution in [1.29, 1.82) is 0 Å². The fourth-order valence-electron chi connectivity index (χ4n) is 3.10. The summed E-state index contributed by atoms with van der Waals surface area (Å²) < 4.78 is 0. The second kappa shape index (κ2) is 3.86. The minimum Gasteiger partial charge on any atom is -0.358 e. The molecule has 2 heterocycles. The number of benzene rings is 1. The summed E-state index contributed by atoms with van der Waals surface area (Å²) in [4.78, 5) is 17.8. The van der Waals surface area contributed by atoms with Crippen molar-refractivity contribution in [1.82, 2.24) is 9.88 Å². The second-order valence-electron chi connectivity index (χ2n) is 5.92. The van der Waals surface area contributed by atoms with E-state index in [-0.39, 0.29) is 0 Å². The molecule has 19 heavy (non-hydrogen) atoms. The highest BCUT2D eigenvalue weighted by Crippen LogP contribution is 2.34. The van der Waals surface area contributed by atoms with Crippen molar-refractivity contribution in [2.24, 2.45) is 5.92 Å². The standard InChI is InChI=1S/C16H18N2O/c1-10-2-5-14-12(8-10)13-9-18(7-6-15(13)17-14)16(19)11-3-4-11/h2,5,8,11,17H,3-4,6-7,9H2,1H3. The number of carbonyl (C=O) groups is 1. The van der Waals surface area contributed by atoms with E-state index >= 15 is 0 Å².